The number of pyridine rings is 1. The fourth-order valence-electron chi connectivity index (χ4n) is 6.81. The Morgan fingerprint density at radius 3 is 2.72 bits per heavy atom. The predicted molar refractivity (Wildman–Crippen MR) is 152 cm³/mol. The first-order chi connectivity index (χ1) is 18.3. The molecule has 9 nitrogen and oxygen atoms in total. The van der Waals surface area contributed by atoms with Crippen molar-refractivity contribution in [3.8, 4) is 0 Å². The summed E-state index contributed by atoms with van der Waals surface area (Å²) in [7, 11) is 1.78. The fourth-order valence-corrected chi connectivity index (χ4v) is 6.81. The molecular weight excluding hydrogens is 519 g/mol. The molecule has 1 spiro atoms. The van der Waals surface area contributed by atoms with E-state index in [1.54, 1.807) is 23.9 Å². The molecule has 0 unspecified atom stereocenters. The first kappa shape index (κ1) is 25.8. The van der Waals surface area contributed by atoms with Crippen molar-refractivity contribution in [3.63, 3.8) is 0 Å². The number of H-pyrrole nitrogens is 1. The lowest BCUT2D eigenvalue weighted by Gasteiger charge is -2.42. The van der Waals surface area contributed by atoms with Gasteiger partial charge in [-0.3, -0.25) is 9.89 Å². The minimum absolute atomic E-state index is 0. The Balaban J connectivity index is 0.00000277. The van der Waals surface area contributed by atoms with Gasteiger partial charge in [-0.2, -0.15) is 5.10 Å². The molecule has 39 heavy (non-hydrogen) atoms. The number of aryl methyl sites for hydroxylation is 2. The molecule has 1 aliphatic carbocycles. The van der Waals surface area contributed by atoms with Crippen LogP contribution in [0.3, 0.4) is 0 Å². The summed E-state index contributed by atoms with van der Waals surface area (Å²) in [4.78, 5) is 27.0. The molecule has 2 aliphatic heterocycles. The van der Waals surface area contributed by atoms with Gasteiger partial charge in [0.15, 0.2) is 22.8 Å². The third-order valence-corrected chi connectivity index (χ3v) is 8.92. The molecule has 1 fully saturated rings. The van der Waals surface area contributed by atoms with Gasteiger partial charge in [-0.25, -0.2) is 14.4 Å². The van der Waals surface area contributed by atoms with Crippen LogP contribution in [0.2, 0.25) is 0 Å². The summed E-state index contributed by atoms with van der Waals surface area (Å²) < 4.78 is 15.5. The maximum absolute atomic E-state index is 13.8. The average Bonchev–Trinajstić information content (AvgIpc) is 3.43. The molecule has 3 aromatic heterocycles. The Kier molecular flexibility index (Phi) is 6.15. The van der Waals surface area contributed by atoms with Gasteiger partial charge in [-0.1, -0.05) is 6.07 Å². The van der Waals surface area contributed by atoms with Crippen molar-refractivity contribution in [2.24, 2.45) is 18.2 Å². The molecule has 7 rings (SSSR count). The molecule has 0 amide bonds. The van der Waals surface area contributed by atoms with Gasteiger partial charge in [0, 0.05) is 44.5 Å². The van der Waals surface area contributed by atoms with Crippen molar-refractivity contribution in [3.05, 3.63) is 69.0 Å². The van der Waals surface area contributed by atoms with E-state index in [2.05, 4.69) is 20.0 Å². The molecule has 3 N–H and O–H groups in total. The number of rotatable bonds is 2. The molecule has 0 bridgehead atoms. The van der Waals surface area contributed by atoms with Crippen LogP contribution in [0.4, 0.5) is 21.7 Å². The maximum atomic E-state index is 13.8. The summed E-state index contributed by atoms with van der Waals surface area (Å²) in [6.07, 6.45) is 6.09. The highest BCUT2D eigenvalue weighted by atomic mass is 35.5. The first-order valence-electron chi connectivity index (χ1n) is 13.3. The lowest BCUT2D eigenvalue weighted by Crippen LogP contribution is -2.44. The Labute approximate surface area is 231 Å². The van der Waals surface area contributed by atoms with Crippen molar-refractivity contribution in [2.75, 3.05) is 29.4 Å². The van der Waals surface area contributed by atoms with E-state index in [9.17, 15) is 9.18 Å². The first-order valence-corrected chi connectivity index (χ1v) is 13.3. The molecule has 11 heteroatoms. The number of nitrogens with two attached hydrogens (primary N) is 1. The Bertz CT molecular complexity index is 1640. The number of piperidine rings is 1. The molecular formula is C28H32ClFN8O. The number of nitrogens with one attached hydrogen (secondary N) is 1. The van der Waals surface area contributed by atoms with Crippen molar-refractivity contribution >= 4 is 40.9 Å². The summed E-state index contributed by atoms with van der Waals surface area (Å²) in [5, 5.41) is 7.69. The number of hydrogen-bond donors (Lipinski definition) is 2. The van der Waals surface area contributed by atoms with Crippen LogP contribution >= 0.6 is 12.4 Å². The van der Waals surface area contributed by atoms with E-state index in [0.29, 0.717) is 17.0 Å². The molecule has 3 aliphatic rings. The largest absolute Gasteiger partial charge is 0.355 e. The van der Waals surface area contributed by atoms with Crippen LogP contribution in [-0.2, 0) is 19.9 Å². The minimum Gasteiger partial charge on any atom is -0.355 e. The van der Waals surface area contributed by atoms with Gasteiger partial charge >= 0.3 is 0 Å². The predicted octanol–water partition coefficient (Wildman–Crippen LogP) is 3.85. The van der Waals surface area contributed by atoms with Crippen molar-refractivity contribution in [1.29, 1.82) is 0 Å². The highest BCUT2D eigenvalue weighted by molar-refractivity contribution is 5.88. The smallest absolute Gasteiger partial charge is 0.255 e. The Hall–Kier alpha value is -3.50. The highest BCUT2D eigenvalue weighted by Crippen LogP contribution is 2.51. The van der Waals surface area contributed by atoms with E-state index in [-0.39, 0.29) is 35.2 Å². The average molecular weight is 551 g/mol. The van der Waals surface area contributed by atoms with Crippen LogP contribution in [0.5, 0.6) is 0 Å². The standard InChI is InChI=1S/C28H31FN8O.ClH/c1-16-25(36-12-8-28(9-13-36)15-17-14-18(29)5-6-19(17)23(28)30)32-24-22(31-16)26(34-33-24)37-10-3-4-20-21(37)7-11-35(2)27(20)38;/h5-7,11,14,23H,3-4,8-10,12-13,15,30H2,1-2H3,(H,32,33,34);1H/t23-;/m1./s1. The number of nitrogens with zero attached hydrogens (tertiary/aromatic N) is 6. The zero-order chi connectivity index (χ0) is 26.2. The third-order valence-electron chi connectivity index (χ3n) is 8.92. The lowest BCUT2D eigenvalue weighted by molar-refractivity contribution is 0.187. The minimum atomic E-state index is -0.195. The van der Waals surface area contributed by atoms with Gasteiger partial charge in [0.05, 0.1) is 11.4 Å². The van der Waals surface area contributed by atoms with Crippen LogP contribution in [0.25, 0.3) is 11.2 Å². The number of hydrogen-bond acceptors (Lipinski definition) is 7. The van der Waals surface area contributed by atoms with E-state index in [0.717, 1.165) is 85.6 Å². The van der Waals surface area contributed by atoms with Gasteiger partial charge < -0.3 is 20.1 Å². The van der Waals surface area contributed by atoms with E-state index < -0.39 is 0 Å². The van der Waals surface area contributed by atoms with Gasteiger partial charge in [-0.15, -0.1) is 12.4 Å². The second-order valence-electron chi connectivity index (χ2n) is 11.1. The molecule has 1 atom stereocenters. The topological polar surface area (TPSA) is 109 Å². The third kappa shape index (κ3) is 3.91. The molecule has 204 valence electrons. The number of anilines is 3. The number of fused-ring (bicyclic) bond motifs is 3. The number of halogens is 2. The zero-order valence-electron chi connectivity index (χ0n) is 22.1. The summed E-state index contributed by atoms with van der Waals surface area (Å²) in [5.41, 5.74) is 12.7. The van der Waals surface area contributed by atoms with E-state index in [1.807, 2.05) is 19.1 Å². The lowest BCUT2D eigenvalue weighted by atomic mass is 9.73. The van der Waals surface area contributed by atoms with E-state index in [4.69, 9.17) is 15.7 Å². The van der Waals surface area contributed by atoms with Gasteiger partial charge in [0.2, 0.25) is 0 Å². The Morgan fingerprint density at radius 1 is 1.13 bits per heavy atom. The summed E-state index contributed by atoms with van der Waals surface area (Å²) >= 11 is 0. The summed E-state index contributed by atoms with van der Waals surface area (Å²) in [5.74, 6) is 1.36. The maximum Gasteiger partial charge on any atom is 0.255 e. The van der Waals surface area contributed by atoms with Crippen molar-refractivity contribution in [2.45, 2.75) is 45.1 Å². The molecule has 1 saturated heterocycles. The Morgan fingerprint density at radius 2 is 1.92 bits per heavy atom. The van der Waals surface area contributed by atoms with Gasteiger partial charge in [0.25, 0.3) is 5.56 Å². The molecule has 4 aromatic rings. The summed E-state index contributed by atoms with van der Waals surface area (Å²) in [6, 6.07) is 6.92. The molecule has 0 saturated carbocycles. The van der Waals surface area contributed by atoms with Crippen molar-refractivity contribution in [1.82, 2.24) is 24.7 Å². The molecule has 0 radical (unpaired) electrons. The quantitative estimate of drug-likeness (QED) is 0.390. The highest BCUT2D eigenvalue weighted by Gasteiger charge is 2.46. The van der Waals surface area contributed by atoms with Gasteiger partial charge in [-0.05, 0) is 73.8 Å². The van der Waals surface area contributed by atoms with Crippen LogP contribution in [0, 0.1) is 18.2 Å². The van der Waals surface area contributed by atoms with E-state index in [1.165, 1.54) is 6.07 Å². The number of aromatic amines is 1. The van der Waals surface area contributed by atoms with Crippen LogP contribution in [0.15, 0.2) is 35.3 Å². The monoisotopic (exact) mass is 550 g/mol. The second-order valence-corrected chi connectivity index (χ2v) is 11.1. The molecule has 5 heterocycles. The number of aromatic nitrogens is 5. The zero-order valence-corrected chi connectivity index (χ0v) is 22.9. The fraction of sp³-hybridized carbons (Fsp3) is 0.429. The number of benzene rings is 1. The molecule has 1 aromatic carbocycles. The van der Waals surface area contributed by atoms with Gasteiger partial charge in [0.1, 0.15) is 5.82 Å². The van der Waals surface area contributed by atoms with Crippen LogP contribution in [-0.4, -0.2) is 44.4 Å². The summed E-state index contributed by atoms with van der Waals surface area (Å²) in [6.45, 7) is 4.39. The second kappa shape index (κ2) is 9.31. The van der Waals surface area contributed by atoms with Crippen molar-refractivity contribution < 1.29 is 4.39 Å². The van der Waals surface area contributed by atoms with E-state index >= 15 is 0 Å². The van der Waals surface area contributed by atoms with Crippen LogP contribution in [0.1, 0.15) is 47.7 Å². The normalized spacial score (nSPS) is 19.7. The SMILES string of the molecule is Cc1nc2c(N3CCCc4c3ccn(C)c4=O)n[nH]c2nc1N1CCC2(CC1)Cc1cc(F)ccc1[C@H]2N.Cl. The van der Waals surface area contributed by atoms with Crippen LogP contribution < -0.4 is 21.1 Å².